The van der Waals surface area contributed by atoms with E-state index in [2.05, 4.69) is 0 Å². The second-order valence-electron chi connectivity index (χ2n) is 8.45. The Labute approximate surface area is 157 Å². The van der Waals surface area contributed by atoms with Crippen LogP contribution in [0.2, 0.25) is 0 Å². The van der Waals surface area contributed by atoms with E-state index in [4.69, 9.17) is 10.5 Å². The summed E-state index contributed by atoms with van der Waals surface area (Å²) >= 11 is 0. The van der Waals surface area contributed by atoms with E-state index in [9.17, 15) is 20.0 Å². The molecule has 0 saturated carbocycles. The number of hydrogen-bond donors (Lipinski definition) is 2. The lowest BCUT2D eigenvalue weighted by Gasteiger charge is -2.42. The molecular weight excluding hydrogens is 346 g/mol. The van der Waals surface area contributed by atoms with E-state index in [1.165, 1.54) is 4.90 Å². The third-order valence-corrected chi connectivity index (χ3v) is 6.10. The number of Topliss-reactive ketones (excluding diaryl/α,β-unsaturated/α-hetero) is 1. The van der Waals surface area contributed by atoms with Gasteiger partial charge < -0.3 is 15.6 Å². The zero-order chi connectivity index (χ0) is 19.6. The molecule has 7 heteroatoms. The zero-order valence-electron chi connectivity index (χ0n) is 15.6. The van der Waals surface area contributed by atoms with Crippen molar-refractivity contribution in [3.63, 3.8) is 0 Å². The van der Waals surface area contributed by atoms with E-state index in [1.807, 2.05) is 19.9 Å². The summed E-state index contributed by atoms with van der Waals surface area (Å²) in [5, 5.41) is 19.7. The Kier molecular flexibility index (Phi) is 3.76. The summed E-state index contributed by atoms with van der Waals surface area (Å²) in [4.78, 5) is 28.1. The number of aliphatic hydroxyl groups is 1. The Morgan fingerprint density at radius 3 is 2.63 bits per heavy atom. The van der Waals surface area contributed by atoms with Crippen LogP contribution in [0.15, 0.2) is 34.1 Å². The van der Waals surface area contributed by atoms with Crippen LogP contribution in [0.1, 0.15) is 52.4 Å². The Bertz CT molecular complexity index is 903. The Balaban J connectivity index is 2.06. The van der Waals surface area contributed by atoms with Crippen LogP contribution in [0.25, 0.3) is 0 Å². The van der Waals surface area contributed by atoms with Gasteiger partial charge in [0.15, 0.2) is 5.78 Å². The van der Waals surface area contributed by atoms with Crippen LogP contribution in [0.4, 0.5) is 0 Å². The first kappa shape index (κ1) is 17.8. The molecule has 2 heterocycles. The Morgan fingerprint density at radius 1 is 1.26 bits per heavy atom. The van der Waals surface area contributed by atoms with E-state index in [0.717, 1.165) is 24.1 Å². The number of allylic oxidation sites excluding steroid dienone is 2. The number of hydrogen-bond acceptors (Lipinski definition) is 6. The van der Waals surface area contributed by atoms with Gasteiger partial charge in [0.25, 0.3) is 0 Å². The van der Waals surface area contributed by atoms with Crippen molar-refractivity contribution in [3.05, 3.63) is 34.1 Å². The number of ether oxygens (including phenoxy) is 1. The van der Waals surface area contributed by atoms with Crippen LogP contribution in [0, 0.1) is 22.2 Å². The maximum absolute atomic E-state index is 13.6. The third-order valence-electron chi connectivity index (χ3n) is 6.10. The zero-order valence-corrected chi connectivity index (χ0v) is 15.6. The number of ketones is 1. The van der Waals surface area contributed by atoms with Crippen LogP contribution in [0.3, 0.4) is 0 Å². The maximum Gasteiger partial charge on any atom is 0.249 e. The summed E-state index contributed by atoms with van der Waals surface area (Å²) in [5.74, 6) is -0.377. The number of amides is 1. The van der Waals surface area contributed by atoms with Crippen molar-refractivity contribution in [3.8, 4) is 6.07 Å². The molecule has 1 amide bonds. The molecule has 1 unspecified atom stereocenters. The van der Waals surface area contributed by atoms with Gasteiger partial charge in [-0.15, -0.1) is 0 Å². The molecule has 3 N–H and O–H groups in total. The molecule has 2 aliphatic carbocycles. The first-order chi connectivity index (χ1) is 12.8. The fourth-order valence-electron chi connectivity index (χ4n) is 5.11. The molecule has 0 fully saturated rings. The topological polar surface area (TPSA) is 117 Å². The van der Waals surface area contributed by atoms with Crippen molar-refractivity contribution >= 4 is 11.7 Å². The van der Waals surface area contributed by atoms with Gasteiger partial charge in [-0.1, -0.05) is 13.8 Å². The molecule has 0 bridgehead atoms. The molecule has 4 rings (SSSR count). The van der Waals surface area contributed by atoms with Crippen molar-refractivity contribution in [1.29, 1.82) is 5.26 Å². The number of fused-ring (bicyclic) bond motifs is 2. The van der Waals surface area contributed by atoms with Gasteiger partial charge in [-0.3, -0.25) is 14.5 Å². The molecule has 7 nitrogen and oxygen atoms in total. The average Bonchev–Trinajstić information content (AvgIpc) is 2.83. The van der Waals surface area contributed by atoms with Crippen LogP contribution in [0.5, 0.6) is 0 Å². The van der Waals surface area contributed by atoms with Crippen LogP contribution in [-0.2, 0) is 14.3 Å². The second kappa shape index (κ2) is 5.70. The second-order valence-corrected chi connectivity index (χ2v) is 8.45. The fourth-order valence-corrected chi connectivity index (χ4v) is 5.11. The normalized spacial score (nSPS) is 29.8. The predicted molar refractivity (Wildman–Crippen MR) is 94.8 cm³/mol. The highest BCUT2D eigenvalue weighted by Crippen LogP contribution is 2.60. The number of nitriles is 1. The predicted octanol–water partition coefficient (Wildman–Crippen LogP) is 1.96. The van der Waals surface area contributed by atoms with Crippen molar-refractivity contribution in [2.24, 2.45) is 16.6 Å². The van der Waals surface area contributed by atoms with E-state index in [0.29, 0.717) is 25.0 Å². The van der Waals surface area contributed by atoms with Crippen LogP contribution >= 0.6 is 0 Å². The van der Waals surface area contributed by atoms with Crippen LogP contribution in [-0.4, -0.2) is 28.4 Å². The number of rotatable bonds is 1. The lowest BCUT2D eigenvalue weighted by molar-refractivity contribution is -0.137. The number of carbonyl (C=O) groups is 2. The highest BCUT2D eigenvalue weighted by Gasteiger charge is 2.63. The van der Waals surface area contributed by atoms with Crippen LogP contribution < -0.4 is 5.73 Å². The van der Waals surface area contributed by atoms with E-state index >= 15 is 0 Å². The molecular formula is C20H23N3O4. The molecule has 0 aromatic heterocycles. The number of nitrogens with two attached hydrogens (primary N) is 1. The lowest BCUT2D eigenvalue weighted by atomic mass is 9.60. The molecule has 1 spiro atoms. The van der Waals surface area contributed by atoms with Crippen molar-refractivity contribution in [2.45, 2.75) is 52.4 Å². The first-order valence-corrected chi connectivity index (χ1v) is 9.28. The molecule has 0 radical (unpaired) electrons. The molecule has 1 atom stereocenters. The maximum atomic E-state index is 13.6. The molecule has 0 saturated heterocycles. The minimum Gasteiger partial charge on any atom is -0.444 e. The summed E-state index contributed by atoms with van der Waals surface area (Å²) in [5.41, 5.74) is 5.93. The van der Waals surface area contributed by atoms with E-state index < -0.39 is 18.1 Å². The molecule has 2 aliphatic heterocycles. The molecule has 0 aromatic carbocycles. The highest BCUT2D eigenvalue weighted by atomic mass is 16.5. The first-order valence-electron chi connectivity index (χ1n) is 9.28. The third kappa shape index (κ3) is 2.16. The highest BCUT2D eigenvalue weighted by molar-refractivity contribution is 6.11. The summed E-state index contributed by atoms with van der Waals surface area (Å²) in [6, 6.07) is 2.05. The number of aliphatic hydroxyl groups excluding tert-OH is 1. The molecule has 27 heavy (non-hydrogen) atoms. The lowest BCUT2D eigenvalue weighted by Crippen LogP contribution is -2.48. The Morgan fingerprint density at radius 2 is 1.96 bits per heavy atom. The van der Waals surface area contributed by atoms with Gasteiger partial charge in [0.05, 0.1) is 5.57 Å². The smallest absolute Gasteiger partial charge is 0.249 e. The van der Waals surface area contributed by atoms with Gasteiger partial charge in [-0.05, 0) is 36.7 Å². The monoisotopic (exact) mass is 369 g/mol. The van der Waals surface area contributed by atoms with Crippen molar-refractivity contribution in [2.75, 3.05) is 6.73 Å². The number of carbonyl (C=O) groups excluding carboxylic acids is 2. The Hall–Kier alpha value is -2.59. The summed E-state index contributed by atoms with van der Waals surface area (Å²) < 4.78 is 5.72. The molecule has 4 aliphatic rings. The summed E-state index contributed by atoms with van der Waals surface area (Å²) in [7, 11) is 0. The van der Waals surface area contributed by atoms with E-state index in [-0.39, 0.29) is 34.6 Å². The SMILES string of the molecule is CC1(C)CC(=O)C2=C(C1)OC(N)=C(C#N)C21C(=O)N(CO)C2=C1CCCC2. The largest absolute Gasteiger partial charge is 0.444 e. The van der Waals surface area contributed by atoms with Gasteiger partial charge >= 0.3 is 0 Å². The van der Waals surface area contributed by atoms with Gasteiger partial charge in [-0.2, -0.15) is 5.26 Å². The minimum atomic E-state index is -1.53. The summed E-state index contributed by atoms with van der Waals surface area (Å²) in [6.07, 6.45) is 3.70. The van der Waals surface area contributed by atoms with Crippen molar-refractivity contribution in [1.82, 2.24) is 4.90 Å². The molecule has 142 valence electrons. The van der Waals surface area contributed by atoms with Gasteiger partial charge in [0.1, 0.15) is 29.5 Å². The van der Waals surface area contributed by atoms with Gasteiger partial charge in [-0.25, -0.2) is 0 Å². The fraction of sp³-hybridized carbons (Fsp3) is 0.550. The van der Waals surface area contributed by atoms with Gasteiger partial charge in [0, 0.05) is 18.5 Å². The summed E-state index contributed by atoms with van der Waals surface area (Å²) in [6.45, 7) is 3.44. The molecule has 0 aromatic rings. The quantitative estimate of drug-likeness (QED) is 0.730. The average molecular weight is 369 g/mol. The van der Waals surface area contributed by atoms with Gasteiger partial charge in [0.2, 0.25) is 11.8 Å². The van der Waals surface area contributed by atoms with Crippen molar-refractivity contribution < 1.29 is 19.4 Å². The van der Waals surface area contributed by atoms with E-state index in [1.54, 1.807) is 0 Å². The minimum absolute atomic E-state index is 0.0235. The number of nitrogens with zero attached hydrogens (tertiary/aromatic N) is 2. The standard InChI is InChI=1S/C20H23N3O4/c1-19(2)7-14(25)16-15(8-19)27-17(22)12(9-21)20(16)11-5-3-4-6-13(11)23(10-24)18(20)26/h24H,3-8,10,22H2,1-2H3.